The highest BCUT2D eigenvalue weighted by atomic mass is 35.5. The Bertz CT molecular complexity index is 1020. The van der Waals surface area contributed by atoms with E-state index in [2.05, 4.69) is 15.5 Å². The Hall–Kier alpha value is -2.76. The van der Waals surface area contributed by atoms with Gasteiger partial charge in [0, 0.05) is 11.6 Å². The lowest BCUT2D eigenvalue weighted by molar-refractivity contribution is -0.113. The number of aromatic nitrogens is 3. The van der Waals surface area contributed by atoms with Gasteiger partial charge in [-0.1, -0.05) is 23.4 Å². The van der Waals surface area contributed by atoms with Gasteiger partial charge in [0.15, 0.2) is 11.0 Å². The van der Waals surface area contributed by atoms with E-state index in [1.807, 2.05) is 30.6 Å². The van der Waals surface area contributed by atoms with Gasteiger partial charge in [0.2, 0.25) is 5.91 Å². The number of nitrogens with one attached hydrogen (secondary N) is 1. The molecule has 0 aliphatic carbocycles. The summed E-state index contributed by atoms with van der Waals surface area (Å²) in [5, 5.41) is 21.4. The van der Waals surface area contributed by atoms with Crippen LogP contribution in [0, 0.1) is 18.3 Å². The van der Waals surface area contributed by atoms with Crippen molar-refractivity contribution < 1.29 is 9.21 Å². The van der Waals surface area contributed by atoms with Gasteiger partial charge < -0.3 is 14.3 Å². The average Bonchev–Trinajstić information content (AvgIpc) is 3.25. The molecule has 0 unspecified atom stereocenters. The van der Waals surface area contributed by atoms with E-state index < -0.39 is 0 Å². The molecule has 27 heavy (non-hydrogen) atoms. The Morgan fingerprint density at radius 3 is 2.89 bits per heavy atom. The molecule has 0 fully saturated rings. The molecule has 0 atom stereocenters. The number of carbonyl (C=O) groups excluding carboxylic acids is 1. The fourth-order valence-electron chi connectivity index (χ4n) is 2.53. The van der Waals surface area contributed by atoms with E-state index >= 15 is 0 Å². The van der Waals surface area contributed by atoms with Crippen molar-refractivity contribution in [3.05, 3.63) is 46.9 Å². The van der Waals surface area contributed by atoms with E-state index in [9.17, 15) is 4.79 Å². The molecule has 0 aliphatic heterocycles. The first-order valence-electron chi connectivity index (χ1n) is 8.13. The zero-order chi connectivity index (χ0) is 19.4. The van der Waals surface area contributed by atoms with Crippen molar-refractivity contribution in [1.82, 2.24) is 14.8 Å². The number of furan rings is 1. The minimum atomic E-state index is -0.259. The number of nitriles is 1. The standard InChI is InChI=1S/C18H16ClN5O2S/c1-3-24-17(14-6-7-26-11(14)2)22-23-18(24)27-10-16(25)21-15-8-13(19)5-4-12(15)9-20/h4-8H,3,10H2,1-2H3,(H,21,25). The van der Waals surface area contributed by atoms with Crippen LogP contribution in [-0.2, 0) is 11.3 Å². The van der Waals surface area contributed by atoms with Crippen molar-refractivity contribution in [2.75, 3.05) is 11.1 Å². The molecule has 0 aliphatic rings. The number of thioether (sulfide) groups is 1. The third kappa shape index (κ3) is 4.15. The fraction of sp³-hybridized carbons (Fsp3) is 0.222. The first-order chi connectivity index (χ1) is 13.0. The molecule has 2 heterocycles. The predicted octanol–water partition coefficient (Wildman–Crippen LogP) is 4.12. The Morgan fingerprint density at radius 1 is 1.41 bits per heavy atom. The monoisotopic (exact) mass is 401 g/mol. The molecule has 9 heteroatoms. The number of nitrogens with zero attached hydrogens (tertiary/aromatic N) is 4. The minimum absolute atomic E-state index is 0.125. The molecule has 2 aromatic heterocycles. The molecule has 7 nitrogen and oxygen atoms in total. The number of anilines is 1. The molecule has 3 rings (SSSR count). The SMILES string of the molecule is CCn1c(SCC(=O)Nc2cc(Cl)ccc2C#N)nnc1-c1ccoc1C. The molecule has 0 spiro atoms. The van der Waals surface area contributed by atoms with Crippen LogP contribution in [0.5, 0.6) is 0 Å². The van der Waals surface area contributed by atoms with Crippen molar-refractivity contribution in [1.29, 1.82) is 5.26 Å². The summed E-state index contributed by atoms with van der Waals surface area (Å²) in [6.45, 7) is 4.50. The summed E-state index contributed by atoms with van der Waals surface area (Å²) in [6.07, 6.45) is 1.61. The van der Waals surface area contributed by atoms with Crippen LogP contribution in [0.3, 0.4) is 0 Å². The van der Waals surface area contributed by atoms with Gasteiger partial charge in [-0.15, -0.1) is 10.2 Å². The van der Waals surface area contributed by atoms with Crippen molar-refractivity contribution >= 4 is 35.0 Å². The summed E-state index contributed by atoms with van der Waals surface area (Å²) in [6, 6.07) is 8.60. The Balaban J connectivity index is 1.71. The third-order valence-electron chi connectivity index (χ3n) is 3.84. The van der Waals surface area contributed by atoms with Crippen molar-refractivity contribution in [3.8, 4) is 17.5 Å². The molecule has 1 aromatic carbocycles. The number of hydrogen-bond donors (Lipinski definition) is 1. The van der Waals surface area contributed by atoms with Gasteiger partial charge in [-0.25, -0.2) is 0 Å². The molecule has 3 aromatic rings. The fourth-order valence-corrected chi connectivity index (χ4v) is 3.50. The Kier molecular flexibility index (Phi) is 5.84. The number of hydrogen-bond acceptors (Lipinski definition) is 6. The molecule has 0 radical (unpaired) electrons. The number of benzene rings is 1. The van der Waals surface area contributed by atoms with Gasteiger partial charge in [-0.2, -0.15) is 5.26 Å². The van der Waals surface area contributed by atoms with Crippen molar-refractivity contribution in [3.63, 3.8) is 0 Å². The van der Waals surface area contributed by atoms with Crippen molar-refractivity contribution in [2.45, 2.75) is 25.5 Å². The molecule has 1 N–H and O–H groups in total. The maximum atomic E-state index is 12.3. The number of amides is 1. The highest BCUT2D eigenvalue weighted by Gasteiger charge is 2.17. The first kappa shape index (κ1) is 19.0. The molecule has 0 saturated carbocycles. The number of aryl methyl sites for hydroxylation is 1. The summed E-state index contributed by atoms with van der Waals surface area (Å²) in [5.41, 5.74) is 1.62. The van der Waals surface area contributed by atoms with Crippen LogP contribution in [0.2, 0.25) is 5.02 Å². The Labute approximate surface area is 165 Å². The number of carbonyl (C=O) groups is 1. The normalized spacial score (nSPS) is 10.6. The van der Waals surface area contributed by atoms with Crippen LogP contribution < -0.4 is 5.32 Å². The van der Waals surface area contributed by atoms with E-state index in [1.54, 1.807) is 24.5 Å². The Morgan fingerprint density at radius 2 is 2.22 bits per heavy atom. The molecule has 0 bridgehead atoms. The van der Waals surface area contributed by atoms with Crippen LogP contribution in [-0.4, -0.2) is 26.4 Å². The second-order valence-electron chi connectivity index (χ2n) is 5.58. The van der Waals surface area contributed by atoms with E-state index in [0.29, 0.717) is 33.8 Å². The van der Waals surface area contributed by atoms with Crippen molar-refractivity contribution in [2.24, 2.45) is 0 Å². The van der Waals surface area contributed by atoms with E-state index in [4.69, 9.17) is 21.3 Å². The average molecular weight is 402 g/mol. The van der Waals surface area contributed by atoms with E-state index in [-0.39, 0.29) is 11.7 Å². The smallest absolute Gasteiger partial charge is 0.234 e. The quantitative estimate of drug-likeness (QED) is 0.624. The number of halogens is 1. The highest BCUT2D eigenvalue weighted by molar-refractivity contribution is 7.99. The van der Waals surface area contributed by atoms with Gasteiger partial charge in [0.1, 0.15) is 11.8 Å². The van der Waals surface area contributed by atoms with Crippen LogP contribution in [0.1, 0.15) is 18.2 Å². The third-order valence-corrected chi connectivity index (χ3v) is 5.04. The highest BCUT2D eigenvalue weighted by Crippen LogP contribution is 2.27. The predicted molar refractivity (Wildman–Crippen MR) is 104 cm³/mol. The maximum Gasteiger partial charge on any atom is 0.234 e. The van der Waals surface area contributed by atoms with Gasteiger partial charge in [0.25, 0.3) is 0 Å². The van der Waals surface area contributed by atoms with E-state index in [0.717, 1.165) is 11.3 Å². The molecular weight excluding hydrogens is 386 g/mol. The maximum absolute atomic E-state index is 12.3. The first-order valence-corrected chi connectivity index (χ1v) is 9.49. The topological polar surface area (TPSA) is 96.7 Å². The minimum Gasteiger partial charge on any atom is -0.469 e. The van der Waals surface area contributed by atoms with E-state index in [1.165, 1.54) is 11.8 Å². The van der Waals surface area contributed by atoms with Crippen LogP contribution in [0.15, 0.2) is 40.1 Å². The lowest BCUT2D eigenvalue weighted by Crippen LogP contribution is -2.15. The van der Waals surface area contributed by atoms with Crippen LogP contribution in [0.25, 0.3) is 11.4 Å². The molecule has 0 saturated heterocycles. The summed E-state index contributed by atoms with van der Waals surface area (Å²) >= 11 is 7.21. The second kappa shape index (κ2) is 8.29. The van der Waals surface area contributed by atoms with Gasteiger partial charge in [0.05, 0.1) is 28.8 Å². The second-order valence-corrected chi connectivity index (χ2v) is 6.96. The van der Waals surface area contributed by atoms with Gasteiger partial charge in [-0.05, 0) is 38.1 Å². The largest absolute Gasteiger partial charge is 0.469 e. The lowest BCUT2D eigenvalue weighted by Gasteiger charge is -2.08. The van der Waals surface area contributed by atoms with Crippen LogP contribution in [0.4, 0.5) is 5.69 Å². The summed E-state index contributed by atoms with van der Waals surface area (Å²) in [7, 11) is 0. The molecule has 138 valence electrons. The zero-order valence-corrected chi connectivity index (χ0v) is 16.3. The summed E-state index contributed by atoms with van der Waals surface area (Å²) < 4.78 is 7.26. The summed E-state index contributed by atoms with van der Waals surface area (Å²) in [4.78, 5) is 12.3. The molecule has 1 amide bonds. The van der Waals surface area contributed by atoms with Crippen LogP contribution >= 0.6 is 23.4 Å². The summed E-state index contributed by atoms with van der Waals surface area (Å²) in [5.74, 6) is 1.33. The molecular formula is C18H16ClN5O2S. The number of rotatable bonds is 6. The van der Waals surface area contributed by atoms with Gasteiger partial charge in [-0.3, -0.25) is 4.79 Å². The van der Waals surface area contributed by atoms with Gasteiger partial charge >= 0.3 is 0 Å². The zero-order valence-electron chi connectivity index (χ0n) is 14.7. The lowest BCUT2D eigenvalue weighted by atomic mass is 10.2.